The van der Waals surface area contributed by atoms with E-state index in [2.05, 4.69) is 0 Å². The molecular formula is C17H21N3O3. The van der Waals surface area contributed by atoms with Crippen LogP contribution in [0, 0.1) is 11.3 Å². The van der Waals surface area contributed by atoms with Crippen molar-refractivity contribution in [1.82, 2.24) is 9.80 Å². The average molecular weight is 315 g/mol. The zero-order valence-electron chi connectivity index (χ0n) is 13.7. The smallest absolute Gasteiger partial charge is 0.261 e. The Morgan fingerprint density at radius 2 is 2.04 bits per heavy atom. The Morgan fingerprint density at radius 1 is 1.35 bits per heavy atom. The molecule has 6 heteroatoms. The average Bonchev–Trinajstić information content (AvgIpc) is 2.55. The van der Waals surface area contributed by atoms with Crippen molar-refractivity contribution in [3.8, 4) is 11.8 Å². The molecule has 1 saturated heterocycles. The lowest BCUT2D eigenvalue weighted by molar-refractivity contribution is -0.159. The third-order valence-corrected chi connectivity index (χ3v) is 4.12. The Kier molecular flexibility index (Phi) is 4.89. The molecule has 23 heavy (non-hydrogen) atoms. The maximum absolute atomic E-state index is 12.5. The van der Waals surface area contributed by atoms with E-state index in [0.29, 0.717) is 30.9 Å². The van der Waals surface area contributed by atoms with Crippen LogP contribution in [0.2, 0.25) is 0 Å². The van der Waals surface area contributed by atoms with Crippen LogP contribution in [0.1, 0.15) is 26.3 Å². The molecule has 0 N–H and O–H groups in total. The first-order valence-corrected chi connectivity index (χ1v) is 7.63. The zero-order valence-corrected chi connectivity index (χ0v) is 13.7. The van der Waals surface area contributed by atoms with E-state index < -0.39 is 5.54 Å². The van der Waals surface area contributed by atoms with Crippen molar-refractivity contribution in [3.63, 3.8) is 0 Å². The molecule has 1 aliphatic heterocycles. The number of para-hydroxylation sites is 1. The fourth-order valence-electron chi connectivity index (χ4n) is 2.74. The number of nitrogens with zero attached hydrogens (tertiary/aromatic N) is 3. The van der Waals surface area contributed by atoms with Gasteiger partial charge in [-0.3, -0.25) is 9.59 Å². The number of hydrogen-bond acceptors (Lipinski definition) is 4. The number of carbonyl (C=O) groups is 2. The lowest BCUT2D eigenvalue weighted by Gasteiger charge is -2.45. The molecule has 0 radical (unpaired) electrons. The Bertz CT molecular complexity index is 649. The van der Waals surface area contributed by atoms with Gasteiger partial charge in [-0.25, -0.2) is 0 Å². The molecule has 0 bridgehead atoms. The topological polar surface area (TPSA) is 73.6 Å². The minimum atomic E-state index is -0.885. The standard InChI is InChI=1S/C17H21N3O3/c1-4-19-9-10-20(17(2,3)16(19)22)15(21)12-23-14-8-6-5-7-13(14)11-18/h5-8H,4,9-10,12H2,1-3H3. The van der Waals surface area contributed by atoms with E-state index in [-0.39, 0.29) is 18.4 Å². The van der Waals surface area contributed by atoms with Crippen LogP contribution in [0.25, 0.3) is 0 Å². The fourth-order valence-corrected chi connectivity index (χ4v) is 2.74. The minimum absolute atomic E-state index is 0.0583. The second-order valence-electron chi connectivity index (χ2n) is 5.89. The maximum atomic E-state index is 12.5. The zero-order chi connectivity index (χ0) is 17.0. The van der Waals surface area contributed by atoms with Gasteiger partial charge in [0.2, 0.25) is 5.91 Å². The summed E-state index contributed by atoms with van der Waals surface area (Å²) in [5, 5.41) is 9.03. The van der Waals surface area contributed by atoms with Gasteiger partial charge in [-0.2, -0.15) is 5.26 Å². The minimum Gasteiger partial charge on any atom is -0.482 e. The van der Waals surface area contributed by atoms with Gasteiger partial charge in [0, 0.05) is 19.6 Å². The van der Waals surface area contributed by atoms with Gasteiger partial charge in [0.25, 0.3) is 5.91 Å². The Hall–Kier alpha value is -2.55. The van der Waals surface area contributed by atoms with Crippen molar-refractivity contribution in [2.75, 3.05) is 26.2 Å². The van der Waals surface area contributed by atoms with Crippen molar-refractivity contribution in [2.24, 2.45) is 0 Å². The summed E-state index contributed by atoms with van der Waals surface area (Å²) in [6.07, 6.45) is 0. The highest BCUT2D eigenvalue weighted by atomic mass is 16.5. The summed E-state index contributed by atoms with van der Waals surface area (Å²) in [4.78, 5) is 28.2. The normalized spacial score (nSPS) is 16.9. The van der Waals surface area contributed by atoms with E-state index in [1.54, 1.807) is 47.9 Å². The van der Waals surface area contributed by atoms with Crippen LogP contribution in [-0.4, -0.2) is 53.4 Å². The van der Waals surface area contributed by atoms with Crippen molar-refractivity contribution in [3.05, 3.63) is 29.8 Å². The molecule has 1 aromatic carbocycles. The first-order valence-electron chi connectivity index (χ1n) is 7.63. The molecule has 2 rings (SSSR count). The number of ether oxygens (including phenoxy) is 1. The highest BCUT2D eigenvalue weighted by Crippen LogP contribution is 2.23. The Morgan fingerprint density at radius 3 is 2.70 bits per heavy atom. The van der Waals surface area contributed by atoms with Gasteiger partial charge >= 0.3 is 0 Å². The predicted molar refractivity (Wildman–Crippen MR) is 84.7 cm³/mol. The lowest BCUT2D eigenvalue weighted by atomic mass is 9.97. The van der Waals surface area contributed by atoms with Gasteiger partial charge in [0.05, 0.1) is 5.56 Å². The van der Waals surface area contributed by atoms with Crippen molar-refractivity contribution in [2.45, 2.75) is 26.3 Å². The first-order chi connectivity index (χ1) is 10.9. The SMILES string of the molecule is CCN1CCN(C(=O)COc2ccccc2C#N)C(C)(C)C1=O. The van der Waals surface area contributed by atoms with Crippen LogP contribution >= 0.6 is 0 Å². The summed E-state index contributed by atoms with van der Waals surface area (Å²) in [7, 11) is 0. The Balaban J connectivity index is 2.06. The Labute approximate surface area is 136 Å². The highest BCUT2D eigenvalue weighted by Gasteiger charge is 2.43. The van der Waals surface area contributed by atoms with Gasteiger partial charge in [-0.05, 0) is 32.9 Å². The second kappa shape index (κ2) is 6.69. The molecule has 2 amide bonds. The molecular weight excluding hydrogens is 294 g/mol. The van der Waals surface area contributed by atoms with Crippen LogP contribution in [0.15, 0.2) is 24.3 Å². The van der Waals surface area contributed by atoms with Crippen molar-refractivity contribution < 1.29 is 14.3 Å². The number of benzene rings is 1. The molecule has 1 heterocycles. The van der Waals surface area contributed by atoms with E-state index in [0.717, 1.165) is 0 Å². The number of hydrogen-bond donors (Lipinski definition) is 0. The van der Waals surface area contributed by atoms with E-state index in [4.69, 9.17) is 10.00 Å². The molecule has 122 valence electrons. The molecule has 1 aromatic rings. The molecule has 0 saturated carbocycles. The first kappa shape index (κ1) is 16.8. The van der Waals surface area contributed by atoms with Gasteiger partial charge in [-0.15, -0.1) is 0 Å². The summed E-state index contributed by atoms with van der Waals surface area (Å²) >= 11 is 0. The van der Waals surface area contributed by atoms with Crippen LogP contribution in [-0.2, 0) is 9.59 Å². The molecule has 0 unspecified atom stereocenters. The van der Waals surface area contributed by atoms with Gasteiger partial charge in [-0.1, -0.05) is 12.1 Å². The third kappa shape index (κ3) is 3.29. The number of likely N-dealkylation sites (N-methyl/N-ethyl adjacent to an activating group) is 1. The summed E-state index contributed by atoms with van der Waals surface area (Å²) < 4.78 is 5.49. The number of rotatable bonds is 4. The number of nitriles is 1. The van der Waals surface area contributed by atoms with Crippen molar-refractivity contribution in [1.29, 1.82) is 5.26 Å². The van der Waals surface area contributed by atoms with E-state index in [9.17, 15) is 9.59 Å². The monoisotopic (exact) mass is 315 g/mol. The van der Waals surface area contributed by atoms with Gasteiger partial charge in [0.1, 0.15) is 17.4 Å². The fraction of sp³-hybridized carbons (Fsp3) is 0.471. The van der Waals surface area contributed by atoms with Crippen LogP contribution in [0.5, 0.6) is 5.75 Å². The molecule has 0 aliphatic carbocycles. The quantitative estimate of drug-likeness (QED) is 0.842. The molecule has 0 spiro atoms. The molecule has 1 aliphatic rings. The van der Waals surface area contributed by atoms with Gasteiger partial charge < -0.3 is 14.5 Å². The van der Waals surface area contributed by atoms with Crippen LogP contribution < -0.4 is 4.74 Å². The van der Waals surface area contributed by atoms with Crippen molar-refractivity contribution >= 4 is 11.8 Å². The summed E-state index contributed by atoms with van der Waals surface area (Å²) in [6.45, 7) is 6.87. The number of amides is 2. The highest BCUT2D eigenvalue weighted by molar-refractivity contribution is 5.92. The predicted octanol–water partition coefficient (Wildman–Crippen LogP) is 1.41. The third-order valence-electron chi connectivity index (χ3n) is 4.12. The molecule has 0 aromatic heterocycles. The lowest BCUT2D eigenvalue weighted by Crippen LogP contribution is -2.65. The second-order valence-corrected chi connectivity index (χ2v) is 5.89. The molecule has 6 nitrogen and oxygen atoms in total. The number of carbonyl (C=O) groups excluding carboxylic acids is 2. The molecule has 1 fully saturated rings. The van der Waals surface area contributed by atoms with E-state index >= 15 is 0 Å². The van der Waals surface area contributed by atoms with E-state index in [1.165, 1.54) is 0 Å². The number of piperazine rings is 1. The van der Waals surface area contributed by atoms with Crippen LogP contribution in [0.3, 0.4) is 0 Å². The summed E-state index contributed by atoms with van der Waals surface area (Å²) in [5.41, 5.74) is -0.505. The van der Waals surface area contributed by atoms with Crippen LogP contribution in [0.4, 0.5) is 0 Å². The molecule has 0 atom stereocenters. The van der Waals surface area contributed by atoms with E-state index in [1.807, 2.05) is 13.0 Å². The van der Waals surface area contributed by atoms with Gasteiger partial charge in [0.15, 0.2) is 6.61 Å². The maximum Gasteiger partial charge on any atom is 0.261 e. The summed E-state index contributed by atoms with van der Waals surface area (Å²) in [5.74, 6) is 0.0588. The summed E-state index contributed by atoms with van der Waals surface area (Å²) in [6, 6.07) is 8.79. The largest absolute Gasteiger partial charge is 0.482 e.